The third-order valence-corrected chi connectivity index (χ3v) is 6.32. The van der Waals surface area contributed by atoms with Crippen molar-refractivity contribution in [1.29, 1.82) is 0 Å². The number of nitrogens with zero attached hydrogens (tertiary/aromatic N) is 2. The molecule has 3 aromatic rings. The molecule has 1 atom stereocenters. The van der Waals surface area contributed by atoms with Gasteiger partial charge in [-0.1, -0.05) is 37.3 Å². The molecule has 1 saturated heterocycles. The highest BCUT2D eigenvalue weighted by atomic mass is 16.2. The summed E-state index contributed by atoms with van der Waals surface area (Å²) in [5, 5.41) is 2.91. The Labute approximate surface area is 196 Å². The summed E-state index contributed by atoms with van der Waals surface area (Å²) in [6, 6.07) is 22.6. The Morgan fingerprint density at radius 3 is 2.39 bits per heavy atom. The van der Waals surface area contributed by atoms with Crippen molar-refractivity contribution in [2.75, 3.05) is 35.3 Å². The molecule has 0 bridgehead atoms. The fourth-order valence-electron chi connectivity index (χ4n) is 4.45. The van der Waals surface area contributed by atoms with Gasteiger partial charge < -0.3 is 15.1 Å². The van der Waals surface area contributed by atoms with Crippen LogP contribution in [-0.2, 0) is 0 Å². The Balaban J connectivity index is 1.49. The van der Waals surface area contributed by atoms with Gasteiger partial charge in [-0.2, -0.15) is 0 Å². The Hall–Kier alpha value is -3.60. The average Bonchev–Trinajstić information content (AvgIpc) is 2.84. The van der Waals surface area contributed by atoms with Crippen molar-refractivity contribution in [2.24, 2.45) is 5.92 Å². The second kappa shape index (κ2) is 9.90. The summed E-state index contributed by atoms with van der Waals surface area (Å²) in [6.07, 6.45) is 2.42. The number of para-hydroxylation sites is 2. The first kappa shape index (κ1) is 22.6. The molecule has 1 heterocycles. The van der Waals surface area contributed by atoms with Gasteiger partial charge in [0.25, 0.3) is 11.8 Å². The summed E-state index contributed by atoms with van der Waals surface area (Å²) in [6.45, 7) is 6.21. The normalized spacial score (nSPS) is 15.7. The van der Waals surface area contributed by atoms with Gasteiger partial charge in [0.1, 0.15) is 0 Å². The summed E-state index contributed by atoms with van der Waals surface area (Å²) >= 11 is 0. The minimum absolute atomic E-state index is 0.0794. The topological polar surface area (TPSA) is 52.7 Å². The van der Waals surface area contributed by atoms with Crippen LogP contribution in [0.2, 0.25) is 0 Å². The van der Waals surface area contributed by atoms with Gasteiger partial charge in [-0.3, -0.25) is 9.59 Å². The van der Waals surface area contributed by atoms with Gasteiger partial charge in [0.2, 0.25) is 0 Å². The lowest BCUT2D eigenvalue weighted by Gasteiger charge is -2.35. The number of amides is 2. The van der Waals surface area contributed by atoms with Crippen LogP contribution in [0.4, 0.5) is 17.1 Å². The van der Waals surface area contributed by atoms with Crippen LogP contribution in [0.5, 0.6) is 0 Å². The van der Waals surface area contributed by atoms with Crippen molar-refractivity contribution in [2.45, 2.75) is 26.7 Å². The number of aryl methyl sites for hydroxylation is 1. The molecule has 0 spiro atoms. The molecule has 2 amide bonds. The van der Waals surface area contributed by atoms with Gasteiger partial charge in [-0.25, -0.2) is 0 Å². The minimum atomic E-state index is -0.158. The van der Waals surface area contributed by atoms with E-state index in [0.717, 1.165) is 30.0 Å². The molecule has 0 aromatic heterocycles. The molecular formula is C28H31N3O2. The predicted octanol–water partition coefficient (Wildman–Crippen LogP) is 5.76. The highest BCUT2D eigenvalue weighted by Gasteiger charge is 2.22. The molecule has 0 saturated carbocycles. The van der Waals surface area contributed by atoms with Crippen LogP contribution in [0.15, 0.2) is 72.8 Å². The molecule has 1 aliphatic heterocycles. The van der Waals surface area contributed by atoms with Gasteiger partial charge in [0.15, 0.2) is 0 Å². The van der Waals surface area contributed by atoms with E-state index in [1.807, 2.05) is 50.4 Å². The van der Waals surface area contributed by atoms with Crippen molar-refractivity contribution in [3.8, 4) is 0 Å². The van der Waals surface area contributed by atoms with Crippen molar-refractivity contribution in [3.63, 3.8) is 0 Å². The average molecular weight is 442 g/mol. The molecular weight excluding hydrogens is 410 g/mol. The zero-order valence-electron chi connectivity index (χ0n) is 19.5. The molecule has 33 heavy (non-hydrogen) atoms. The summed E-state index contributed by atoms with van der Waals surface area (Å²) in [7, 11) is 1.82. The van der Waals surface area contributed by atoms with Crippen molar-refractivity contribution >= 4 is 28.9 Å². The standard InChI is InChI=1S/C28H31N3O2/c1-20-9-8-18-31(19-20)26-13-7-6-12-25(26)30(3)28(33)22-14-16-23(17-15-22)29-27(32)24-11-5-4-10-21(24)2/h4-7,10-17,20H,8-9,18-19H2,1-3H3,(H,29,32). The lowest BCUT2D eigenvalue weighted by Crippen LogP contribution is -2.36. The summed E-state index contributed by atoms with van der Waals surface area (Å²) in [5.74, 6) is 0.411. The molecule has 3 aromatic carbocycles. The van der Waals surface area contributed by atoms with E-state index in [4.69, 9.17) is 0 Å². The molecule has 170 valence electrons. The van der Waals surface area contributed by atoms with Crippen LogP contribution in [0, 0.1) is 12.8 Å². The van der Waals surface area contributed by atoms with Crippen LogP contribution >= 0.6 is 0 Å². The summed E-state index contributed by atoms with van der Waals surface area (Å²) in [4.78, 5) is 29.9. The quantitative estimate of drug-likeness (QED) is 0.548. The number of carbonyl (C=O) groups is 2. The van der Waals surface area contributed by atoms with Crippen LogP contribution < -0.4 is 15.1 Å². The number of nitrogens with one attached hydrogen (secondary N) is 1. The molecule has 1 N–H and O–H groups in total. The van der Waals surface area contributed by atoms with Crippen LogP contribution in [0.1, 0.15) is 46.0 Å². The van der Waals surface area contributed by atoms with E-state index in [9.17, 15) is 9.59 Å². The molecule has 0 radical (unpaired) electrons. The highest BCUT2D eigenvalue weighted by molar-refractivity contribution is 6.08. The van der Waals surface area contributed by atoms with Gasteiger partial charge in [-0.05, 0) is 73.7 Å². The second-order valence-electron chi connectivity index (χ2n) is 8.89. The zero-order chi connectivity index (χ0) is 23.4. The Kier molecular flexibility index (Phi) is 6.78. The fraction of sp³-hybridized carbons (Fsp3) is 0.286. The first-order valence-corrected chi connectivity index (χ1v) is 11.5. The van der Waals surface area contributed by atoms with E-state index < -0.39 is 0 Å². The lowest BCUT2D eigenvalue weighted by atomic mass is 9.99. The van der Waals surface area contributed by atoms with Crippen molar-refractivity contribution < 1.29 is 9.59 Å². The summed E-state index contributed by atoms with van der Waals surface area (Å²) < 4.78 is 0. The van der Waals surface area contributed by atoms with Gasteiger partial charge in [-0.15, -0.1) is 0 Å². The Bertz CT molecular complexity index is 1140. The fourth-order valence-corrected chi connectivity index (χ4v) is 4.45. The van der Waals surface area contributed by atoms with Crippen molar-refractivity contribution in [3.05, 3.63) is 89.5 Å². The largest absolute Gasteiger partial charge is 0.370 e. The number of rotatable bonds is 5. The van der Waals surface area contributed by atoms with E-state index in [-0.39, 0.29) is 11.8 Å². The number of hydrogen-bond donors (Lipinski definition) is 1. The molecule has 5 nitrogen and oxygen atoms in total. The third-order valence-electron chi connectivity index (χ3n) is 6.32. The third kappa shape index (κ3) is 5.08. The first-order chi connectivity index (χ1) is 15.9. The van der Waals surface area contributed by atoms with E-state index in [1.165, 1.54) is 12.8 Å². The second-order valence-corrected chi connectivity index (χ2v) is 8.89. The van der Waals surface area contributed by atoms with E-state index in [0.29, 0.717) is 22.7 Å². The smallest absolute Gasteiger partial charge is 0.258 e. The molecule has 5 heteroatoms. The predicted molar refractivity (Wildman–Crippen MR) is 135 cm³/mol. The van der Waals surface area contributed by atoms with Gasteiger partial charge in [0.05, 0.1) is 11.4 Å². The molecule has 4 rings (SSSR count). The van der Waals surface area contributed by atoms with Crippen LogP contribution in [0.3, 0.4) is 0 Å². The van der Waals surface area contributed by atoms with Crippen LogP contribution in [0.25, 0.3) is 0 Å². The molecule has 0 aliphatic carbocycles. The van der Waals surface area contributed by atoms with Gasteiger partial charge in [0, 0.05) is 37.0 Å². The minimum Gasteiger partial charge on any atom is -0.370 e. The maximum Gasteiger partial charge on any atom is 0.258 e. The molecule has 1 unspecified atom stereocenters. The lowest BCUT2D eigenvalue weighted by molar-refractivity contribution is 0.0991. The SMILES string of the molecule is Cc1ccccc1C(=O)Nc1ccc(C(=O)N(C)c2ccccc2N2CCCC(C)C2)cc1. The molecule has 1 aliphatic rings. The van der Waals surface area contributed by atoms with Crippen molar-refractivity contribution in [1.82, 2.24) is 0 Å². The maximum atomic E-state index is 13.3. The van der Waals surface area contributed by atoms with E-state index in [1.54, 1.807) is 35.2 Å². The van der Waals surface area contributed by atoms with E-state index in [2.05, 4.69) is 23.2 Å². The number of hydrogen-bond acceptors (Lipinski definition) is 3. The first-order valence-electron chi connectivity index (χ1n) is 11.5. The van der Waals surface area contributed by atoms with E-state index >= 15 is 0 Å². The Morgan fingerprint density at radius 1 is 0.970 bits per heavy atom. The number of carbonyl (C=O) groups excluding carboxylic acids is 2. The molecule has 1 fully saturated rings. The zero-order valence-corrected chi connectivity index (χ0v) is 19.5. The monoisotopic (exact) mass is 441 g/mol. The van der Waals surface area contributed by atoms with Gasteiger partial charge >= 0.3 is 0 Å². The maximum absolute atomic E-state index is 13.3. The number of piperidine rings is 1. The number of anilines is 3. The summed E-state index contributed by atoms with van der Waals surface area (Å²) in [5.41, 5.74) is 4.81. The number of benzene rings is 3. The highest BCUT2D eigenvalue weighted by Crippen LogP contribution is 2.32. The Morgan fingerprint density at radius 2 is 1.67 bits per heavy atom. The van der Waals surface area contributed by atoms with Crippen LogP contribution in [-0.4, -0.2) is 32.0 Å².